The highest BCUT2D eigenvalue weighted by atomic mass is 32.1. The van der Waals surface area contributed by atoms with Crippen LogP contribution in [0.3, 0.4) is 0 Å². The van der Waals surface area contributed by atoms with Gasteiger partial charge in [-0.15, -0.1) is 0 Å². The van der Waals surface area contributed by atoms with Crippen LogP contribution in [0.15, 0.2) is 16.8 Å². The largest absolute Gasteiger partial charge is 0.389 e. The quantitative estimate of drug-likeness (QED) is 0.785. The monoisotopic (exact) mass is 196 g/mol. The van der Waals surface area contributed by atoms with Gasteiger partial charge in [0.1, 0.15) is 0 Å². The summed E-state index contributed by atoms with van der Waals surface area (Å²) in [4.78, 5) is 0. The summed E-state index contributed by atoms with van der Waals surface area (Å²) < 4.78 is 0. The first-order valence-corrected chi connectivity index (χ1v) is 5.92. The summed E-state index contributed by atoms with van der Waals surface area (Å²) in [5.41, 5.74) is 0.947. The Balaban J connectivity index is 1.90. The SMILES string of the molecule is CCCC1CC1(O)Cc1ccsc1. The Labute approximate surface area is 83.4 Å². The molecule has 0 aliphatic heterocycles. The highest BCUT2D eigenvalue weighted by molar-refractivity contribution is 7.07. The Morgan fingerprint density at radius 1 is 1.69 bits per heavy atom. The van der Waals surface area contributed by atoms with Crippen LogP contribution in [0.1, 0.15) is 31.7 Å². The maximum atomic E-state index is 10.1. The number of rotatable bonds is 4. The Morgan fingerprint density at radius 2 is 2.54 bits per heavy atom. The molecule has 1 fully saturated rings. The lowest BCUT2D eigenvalue weighted by Crippen LogP contribution is -2.14. The smallest absolute Gasteiger partial charge is 0.0721 e. The first kappa shape index (κ1) is 9.22. The highest BCUT2D eigenvalue weighted by Crippen LogP contribution is 2.48. The summed E-state index contributed by atoms with van der Waals surface area (Å²) in [6.45, 7) is 2.18. The van der Waals surface area contributed by atoms with Gasteiger partial charge in [-0.2, -0.15) is 11.3 Å². The molecule has 0 spiro atoms. The third-order valence-electron chi connectivity index (χ3n) is 2.93. The third-order valence-corrected chi connectivity index (χ3v) is 3.66. The van der Waals surface area contributed by atoms with Crippen LogP contribution in [0.25, 0.3) is 0 Å². The Bertz CT molecular complexity index is 268. The molecule has 1 nitrogen and oxygen atoms in total. The van der Waals surface area contributed by atoms with Gasteiger partial charge in [0.25, 0.3) is 0 Å². The van der Waals surface area contributed by atoms with Gasteiger partial charge in [0.15, 0.2) is 0 Å². The van der Waals surface area contributed by atoms with Crippen LogP contribution in [0.4, 0.5) is 0 Å². The fraction of sp³-hybridized carbons (Fsp3) is 0.636. The zero-order chi connectivity index (χ0) is 9.31. The minimum atomic E-state index is -0.350. The van der Waals surface area contributed by atoms with E-state index in [1.54, 1.807) is 11.3 Å². The number of hydrogen-bond donors (Lipinski definition) is 1. The van der Waals surface area contributed by atoms with Gasteiger partial charge in [0.05, 0.1) is 5.60 Å². The summed E-state index contributed by atoms with van der Waals surface area (Å²) in [5, 5.41) is 14.3. The van der Waals surface area contributed by atoms with Gasteiger partial charge < -0.3 is 5.11 Å². The van der Waals surface area contributed by atoms with Crippen molar-refractivity contribution in [3.63, 3.8) is 0 Å². The van der Waals surface area contributed by atoms with E-state index in [4.69, 9.17) is 0 Å². The lowest BCUT2D eigenvalue weighted by molar-refractivity contribution is 0.129. The van der Waals surface area contributed by atoms with Crippen molar-refractivity contribution in [3.8, 4) is 0 Å². The van der Waals surface area contributed by atoms with E-state index in [0.717, 1.165) is 12.8 Å². The molecule has 13 heavy (non-hydrogen) atoms. The van der Waals surface area contributed by atoms with E-state index in [9.17, 15) is 5.11 Å². The van der Waals surface area contributed by atoms with Gasteiger partial charge in [-0.3, -0.25) is 0 Å². The van der Waals surface area contributed by atoms with Crippen molar-refractivity contribution in [1.82, 2.24) is 0 Å². The molecule has 0 aromatic carbocycles. The van der Waals surface area contributed by atoms with Crippen LogP contribution < -0.4 is 0 Å². The summed E-state index contributed by atoms with van der Waals surface area (Å²) in [6.07, 6.45) is 4.25. The summed E-state index contributed by atoms with van der Waals surface area (Å²) in [5.74, 6) is 0.567. The average Bonchev–Trinajstić information content (AvgIpc) is 2.52. The Morgan fingerprint density at radius 3 is 3.15 bits per heavy atom. The molecule has 2 heteroatoms. The standard InChI is InChI=1S/C11H16OS/c1-2-3-10-7-11(10,12)6-9-4-5-13-8-9/h4-5,8,10,12H,2-3,6-7H2,1H3. The van der Waals surface area contributed by atoms with Gasteiger partial charge in [0, 0.05) is 6.42 Å². The van der Waals surface area contributed by atoms with Gasteiger partial charge in [-0.05, 0) is 41.1 Å². The van der Waals surface area contributed by atoms with E-state index in [2.05, 4.69) is 23.8 Å². The van der Waals surface area contributed by atoms with E-state index in [1.165, 1.54) is 18.4 Å². The molecule has 1 N–H and O–H groups in total. The highest BCUT2D eigenvalue weighted by Gasteiger charge is 2.51. The second-order valence-electron chi connectivity index (χ2n) is 4.10. The van der Waals surface area contributed by atoms with Crippen LogP contribution in [-0.4, -0.2) is 10.7 Å². The van der Waals surface area contributed by atoms with Crippen LogP contribution >= 0.6 is 11.3 Å². The molecule has 1 saturated carbocycles. The van der Waals surface area contributed by atoms with Crippen molar-refractivity contribution in [1.29, 1.82) is 0 Å². The molecule has 0 saturated heterocycles. The predicted octanol–water partition coefficient (Wildman–Crippen LogP) is 2.84. The molecule has 2 rings (SSSR count). The van der Waals surface area contributed by atoms with Crippen LogP contribution in [0, 0.1) is 5.92 Å². The molecule has 1 aliphatic rings. The molecule has 1 aromatic rings. The number of thiophene rings is 1. The lowest BCUT2D eigenvalue weighted by atomic mass is 10.1. The molecule has 0 radical (unpaired) electrons. The van der Waals surface area contributed by atoms with Crippen molar-refractivity contribution in [2.75, 3.05) is 0 Å². The molecule has 2 atom stereocenters. The number of aliphatic hydroxyl groups is 1. The van der Waals surface area contributed by atoms with E-state index in [-0.39, 0.29) is 5.60 Å². The Kier molecular flexibility index (Phi) is 2.43. The molecule has 72 valence electrons. The van der Waals surface area contributed by atoms with Crippen LogP contribution in [-0.2, 0) is 6.42 Å². The fourth-order valence-corrected chi connectivity index (χ4v) is 2.72. The minimum absolute atomic E-state index is 0.350. The average molecular weight is 196 g/mol. The van der Waals surface area contributed by atoms with Gasteiger partial charge in [0.2, 0.25) is 0 Å². The fourth-order valence-electron chi connectivity index (χ4n) is 2.05. The second kappa shape index (κ2) is 3.43. The molecule has 1 aromatic heterocycles. The van der Waals surface area contributed by atoms with E-state index < -0.39 is 0 Å². The van der Waals surface area contributed by atoms with Crippen molar-refractivity contribution in [3.05, 3.63) is 22.4 Å². The van der Waals surface area contributed by atoms with Crippen molar-refractivity contribution < 1.29 is 5.11 Å². The normalized spacial score (nSPS) is 32.0. The molecule has 2 unspecified atom stereocenters. The zero-order valence-corrected chi connectivity index (χ0v) is 8.81. The van der Waals surface area contributed by atoms with Crippen molar-refractivity contribution in [2.24, 2.45) is 5.92 Å². The lowest BCUT2D eigenvalue weighted by Gasteiger charge is -2.08. The first-order chi connectivity index (χ1) is 6.24. The maximum Gasteiger partial charge on any atom is 0.0721 e. The van der Waals surface area contributed by atoms with Gasteiger partial charge >= 0.3 is 0 Å². The molecule has 0 amide bonds. The second-order valence-corrected chi connectivity index (χ2v) is 4.88. The maximum absolute atomic E-state index is 10.1. The Hall–Kier alpha value is -0.340. The van der Waals surface area contributed by atoms with Crippen molar-refractivity contribution in [2.45, 2.75) is 38.2 Å². The van der Waals surface area contributed by atoms with E-state index in [0.29, 0.717) is 5.92 Å². The third kappa shape index (κ3) is 1.94. The minimum Gasteiger partial charge on any atom is -0.389 e. The zero-order valence-electron chi connectivity index (χ0n) is 7.99. The molecule has 1 aliphatic carbocycles. The molecular formula is C11H16OS. The van der Waals surface area contributed by atoms with E-state index in [1.807, 2.05) is 0 Å². The van der Waals surface area contributed by atoms with Crippen LogP contribution in [0.2, 0.25) is 0 Å². The molecule has 1 heterocycles. The molecule has 0 bridgehead atoms. The van der Waals surface area contributed by atoms with Crippen molar-refractivity contribution >= 4 is 11.3 Å². The predicted molar refractivity (Wildman–Crippen MR) is 56.0 cm³/mol. The van der Waals surface area contributed by atoms with Gasteiger partial charge in [-0.1, -0.05) is 13.3 Å². The van der Waals surface area contributed by atoms with E-state index >= 15 is 0 Å². The number of hydrogen-bond acceptors (Lipinski definition) is 2. The topological polar surface area (TPSA) is 20.2 Å². The summed E-state index contributed by atoms with van der Waals surface area (Å²) in [6, 6.07) is 2.12. The first-order valence-electron chi connectivity index (χ1n) is 4.98. The molecular weight excluding hydrogens is 180 g/mol. The van der Waals surface area contributed by atoms with Gasteiger partial charge in [-0.25, -0.2) is 0 Å². The summed E-state index contributed by atoms with van der Waals surface area (Å²) in [7, 11) is 0. The summed E-state index contributed by atoms with van der Waals surface area (Å²) >= 11 is 1.71. The van der Waals surface area contributed by atoms with Crippen LogP contribution in [0.5, 0.6) is 0 Å².